The summed E-state index contributed by atoms with van der Waals surface area (Å²) in [5.41, 5.74) is 4.56. The summed E-state index contributed by atoms with van der Waals surface area (Å²) in [6.45, 7) is 4.81. The molecule has 1 aromatic heterocycles. The Bertz CT molecular complexity index is 1120. The maximum atomic E-state index is 12.6. The van der Waals surface area contributed by atoms with Crippen molar-refractivity contribution in [3.63, 3.8) is 0 Å². The van der Waals surface area contributed by atoms with Crippen LogP contribution in [0.25, 0.3) is 11.3 Å². The van der Waals surface area contributed by atoms with Crippen LogP contribution in [0.2, 0.25) is 0 Å². The molecule has 9 nitrogen and oxygen atoms in total. The van der Waals surface area contributed by atoms with Crippen molar-refractivity contribution < 1.29 is 23.7 Å². The molecule has 3 rings (SSSR count). The minimum atomic E-state index is -0.501. The number of hydrazone groups is 1. The zero-order valence-electron chi connectivity index (χ0n) is 19.0. The fraction of sp³-hybridized carbons (Fsp3) is 0.250. The van der Waals surface area contributed by atoms with Crippen LogP contribution >= 0.6 is 0 Å². The molecule has 1 N–H and O–H groups in total. The van der Waals surface area contributed by atoms with Gasteiger partial charge in [-0.15, -0.1) is 0 Å². The summed E-state index contributed by atoms with van der Waals surface area (Å²) in [7, 11) is 3.09. The Balaban J connectivity index is 1.77. The molecule has 2 aromatic carbocycles. The summed E-state index contributed by atoms with van der Waals surface area (Å²) in [6.07, 6.45) is 4.42. The second-order valence-corrected chi connectivity index (χ2v) is 6.63. The predicted octanol–water partition coefficient (Wildman–Crippen LogP) is 3.72. The number of carbonyl (C=O) groups excluding carboxylic acids is 1. The molecule has 0 unspecified atom stereocenters. The molecule has 0 saturated carbocycles. The first-order chi connectivity index (χ1) is 16.1. The van der Waals surface area contributed by atoms with E-state index in [1.807, 2.05) is 38.1 Å². The zero-order chi connectivity index (χ0) is 23.6. The number of aromatic nitrogens is 2. The molecule has 0 bridgehead atoms. The zero-order valence-corrected chi connectivity index (χ0v) is 19.0. The Labute approximate surface area is 192 Å². The third kappa shape index (κ3) is 5.97. The Morgan fingerprint density at radius 2 is 1.76 bits per heavy atom. The first kappa shape index (κ1) is 23.5. The van der Waals surface area contributed by atoms with Crippen LogP contribution in [0.15, 0.2) is 53.9 Å². The van der Waals surface area contributed by atoms with Gasteiger partial charge < -0.3 is 18.9 Å². The maximum absolute atomic E-state index is 12.6. The van der Waals surface area contributed by atoms with Crippen LogP contribution in [-0.2, 0) is 0 Å². The lowest BCUT2D eigenvalue weighted by molar-refractivity contribution is 0.0950. The molecule has 0 aliphatic carbocycles. The number of carbonyl (C=O) groups is 1. The summed E-state index contributed by atoms with van der Waals surface area (Å²) in [4.78, 5) is 21.1. The van der Waals surface area contributed by atoms with E-state index in [4.69, 9.17) is 18.9 Å². The molecular weight excluding hydrogens is 424 g/mol. The van der Waals surface area contributed by atoms with Gasteiger partial charge >= 0.3 is 0 Å². The van der Waals surface area contributed by atoms with Crippen molar-refractivity contribution in [3.8, 4) is 34.3 Å². The van der Waals surface area contributed by atoms with Crippen molar-refractivity contribution in [2.45, 2.75) is 13.8 Å². The highest BCUT2D eigenvalue weighted by molar-refractivity contribution is 5.94. The van der Waals surface area contributed by atoms with Crippen molar-refractivity contribution in [2.75, 3.05) is 27.4 Å². The number of hydrogen-bond acceptors (Lipinski definition) is 8. The van der Waals surface area contributed by atoms with E-state index >= 15 is 0 Å². The SMILES string of the molecule is CCOc1ccc(-c2cncc(C(=O)NN=Cc3cc(OC)cc(OC)c3OCC)n2)cc1. The largest absolute Gasteiger partial charge is 0.497 e. The third-order valence-electron chi connectivity index (χ3n) is 4.50. The van der Waals surface area contributed by atoms with Crippen molar-refractivity contribution in [1.82, 2.24) is 15.4 Å². The summed E-state index contributed by atoms with van der Waals surface area (Å²) < 4.78 is 21.8. The highest BCUT2D eigenvalue weighted by atomic mass is 16.5. The van der Waals surface area contributed by atoms with Crippen LogP contribution in [0.3, 0.4) is 0 Å². The molecule has 0 aliphatic heterocycles. The van der Waals surface area contributed by atoms with E-state index in [-0.39, 0.29) is 5.69 Å². The first-order valence-electron chi connectivity index (χ1n) is 10.4. The van der Waals surface area contributed by atoms with E-state index in [2.05, 4.69) is 20.5 Å². The van der Waals surface area contributed by atoms with Gasteiger partial charge in [0.15, 0.2) is 11.5 Å². The van der Waals surface area contributed by atoms with Crippen LogP contribution < -0.4 is 24.4 Å². The fourth-order valence-electron chi connectivity index (χ4n) is 2.98. The topological polar surface area (TPSA) is 104 Å². The van der Waals surface area contributed by atoms with Gasteiger partial charge in [-0.3, -0.25) is 9.78 Å². The van der Waals surface area contributed by atoms with Gasteiger partial charge in [0, 0.05) is 17.2 Å². The van der Waals surface area contributed by atoms with Crippen LogP contribution in [0.4, 0.5) is 0 Å². The lowest BCUT2D eigenvalue weighted by atomic mass is 10.1. The smallest absolute Gasteiger partial charge is 0.291 e. The summed E-state index contributed by atoms with van der Waals surface area (Å²) in [6, 6.07) is 10.9. The van der Waals surface area contributed by atoms with E-state index in [0.717, 1.165) is 11.3 Å². The number of ether oxygens (including phenoxy) is 4. The average molecular weight is 450 g/mol. The van der Waals surface area contributed by atoms with E-state index < -0.39 is 5.91 Å². The molecule has 1 amide bonds. The van der Waals surface area contributed by atoms with Gasteiger partial charge in [-0.2, -0.15) is 5.10 Å². The molecule has 172 valence electrons. The van der Waals surface area contributed by atoms with Crippen LogP contribution in [-0.4, -0.2) is 49.5 Å². The Morgan fingerprint density at radius 1 is 1.00 bits per heavy atom. The molecule has 0 atom stereocenters. The number of nitrogens with zero attached hydrogens (tertiary/aromatic N) is 3. The molecule has 33 heavy (non-hydrogen) atoms. The molecule has 0 fully saturated rings. The van der Waals surface area contributed by atoms with Gasteiger partial charge in [-0.1, -0.05) is 0 Å². The van der Waals surface area contributed by atoms with E-state index in [0.29, 0.717) is 41.7 Å². The van der Waals surface area contributed by atoms with Crippen molar-refractivity contribution in [1.29, 1.82) is 0 Å². The molecule has 3 aromatic rings. The van der Waals surface area contributed by atoms with E-state index in [1.165, 1.54) is 19.5 Å². The highest BCUT2D eigenvalue weighted by Gasteiger charge is 2.13. The summed E-state index contributed by atoms with van der Waals surface area (Å²) >= 11 is 0. The maximum Gasteiger partial charge on any atom is 0.291 e. The van der Waals surface area contributed by atoms with Crippen LogP contribution in [0.1, 0.15) is 29.9 Å². The summed E-state index contributed by atoms with van der Waals surface area (Å²) in [5, 5.41) is 4.05. The lowest BCUT2D eigenvalue weighted by Gasteiger charge is -2.13. The average Bonchev–Trinajstić information content (AvgIpc) is 2.85. The molecular formula is C24H26N4O5. The Hall–Kier alpha value is -4.14. The minimum Gasteiger partial charge on any atom is -0.497 e. The number of nitrogens with one attached hydrogen (secondary N) is 1. The number of rotatable bonds is 10. The number of methoxy groups -OCH3 is 2. The quantitative estimate of drug-likeness (QED) is 0.371. The second-order valence-electron chi connectivity index (χ2n) is 6.63. The molecule has 0 saturated heterocycles. The van der Waals surface area contributed by atoms with Gasteiger partial charge in [0.25, 0.3) is 5.91 Å². The van der Waals surface area contributed by atoms with Gasteiger partial charge in [0.05, 0.1) is 51.7 Å². The molecule has 0 aliphatic rings. The van der Waals surface area contributed by atoms with Gasteiger partial charge in [0.2, 0.25) is 0 Å². The van der Waals surface area contributed by atoms with Crippen molar-refractivity contribution in [2.24, 2.45) is 5.10 Å². The van der Waals surface area contributed by atoms with Gasteiger partial charge in [0.1, 0.15) is 17.2 Å². The summed E-state index contributed by atoms with van der Waals surface area (Å²) in [5.74, 6) is 1.82. The van der Waals surface area contributed by atoms with Crippen molar-refractivity contribution >= 4 is 12.1 Å². The van der Waals surface area contributed by atoms with E-state index in [1.54, 1.807) is 25.4 Å². The number of amides is 1. The van der Waals surface area contributed by atoms with Gasteiger partial charge in [-0.25, -0.2) is 10.4 Å². The standard InChI is InChI=1S/C24H26N4O5/c1-5-32-18-9-7-16(8-10-18)20-14-25-15-21(27-20)24(29)28-26-13-17-11-19(30-3)12-22(31-4)23(17)33-6-2/h7-15H,5-6H2,1-4H3,(H,28,29). The van der Waals surface area contributed by atoms with Crippen LogP contribution in [0, 0.1) is 0 Å². The Morgan fingerprint density at radius 3 is 2.42 bits per heavy atom. The first-order valence-corrected chi connectivity index (χ1v) is 10.4. The normalized spacial score (nSPS) is 10.7. The van der Waals surface area contributed by atoms with Crippen LogP contribution in [0.5, 0.6) is 23.0 Å². The molecule has 0 radical (unpaired) electrons. The number of hydrogen-bond donors (Lipinski definition) is 1. The molecule has 1 heterocycles. The number of benzene rings is 2. The fourth-order valence-corrected chi connectivity index (χ4v) is 2.98. The Kier molecular flexibility index (Phi) is 8.18. The molecule has 0 spiro atoms. The monoisotopic (exact) mass is 450 g/mol. The highest BCUT2D eigenvalue weighted by Crippen LogP contribution is 2.35. The second kappa shape index (κ2) is 11.5. The minimum absolute atomic E-state index is 0.131. The lowest BCUT2D eigenvalue weighted by Crippen LogP contribution is -2.19. The van der Waals surface area contributed by atoms with Gasteiger partial charge in [-0.05, 0) is 44.2 Å². The van der Waals surface area contributed by atoms with E-state index in [9.17, 15) is 4.79 Å². The molecule has 9 heteroatoms. The van der Waals surface area contributed by atoms with Crippen molar-refractivity contribution in [3.05, 3.63) is 60.0 Å². The predicted molar refractivity (Wildman–Crippen MR) is 124 cm³/mol. The third-order valence-corrected chi connectivity index (χ3v) is 4.50.